The molecule has 0 saturated heterocycles. The molecule has 1 amide bonds. The Kier molecular flexibility index (Phi) is 3.94. The maximum Gasteiger partial charge on any atom is 0.261 e. The van der Waals surface area contributed by atoms with Gasteiger partial charge in [0, 0.05) is 6.04 Å². The van der Waals surface area contributed by atoms with Gasteiger partial charge in [-0.25, -0.2) is 0 Å². The number of hydrogen-bond acceptors (Lipinski definition) is 2. The number of carbonyl (C=O) groups is 1. The lowest BCUT2D eigenvalue weighted by Gasteiger charge is -2.25. The summed E-state index contributed by atoms with van der Waals surface area (Å²) in [5, 5.41) is 3.17. The fourth-order valence-electron chi connectivity index (χ4n) is 2.65. The molecule has 1 aliphatic carbocycles. The predicted molar refractivity (Wildman–Crippen MR) is 86.5 cm³/mol. The van der Waals surface area contributed by atoms with Gasteiger partial charge in [-0.2, -0.15) is 0 Å². The number of fused-ring (bicyclic) bond motifs is 1. The van der Waals surface area contributed by atoms with Crippen LogP contribution < -0.4 is 5.32 Å². The Hall–Kier alpha value is -1.13. The summed E-state index contributed by atoms with van der Waals surface area (Å²) in [6, 6.07) is 10.7. The van der Waals surface area contributed by atoms with Crippen LogP contribution in [-0.4, -0.2) is 11.9 Å². The van der Waals surface area contributed by atoms with Crippen LogP contribution in [0.25, 0.3) is 0 Å². The number of amides is 1. The molecule has 0 bridgehead atoms. The number of aryl methyl sites for hydroxylation is 2. The van der Waals surface area contributed by atoms with Crippen molar-refractivity contribution in [3.8, 4) is 0 Å². The van der Waals surface area contributed by atoms with E-state index in [0.717, 1.165) is 33.5 Å². The first kappa shape index (κ1) is 13.8. The van der Waals surface area contributed by atoms with Crippen molar-refractivity contribution in [2.24, 2.45) is 0 Å². The maximum absolute atomic E-state index is 12.3. The van der Waals surface area contributed by atoms with Crippen LogP contribution in [0.2, 0.25) is 0 Å². The first-order valence-corrected chi connectivity index (χ1v) is 8.38. The summed E-state index contributed by atoms with van der Waals surface area (Å²) in [6.45, 7) is 2.01. The third-order valence-electron chi connectivity index (χ3n) is 3.76. The molecule has 2 aromatic rings. The minimum atomic E-state index is 0.0492. The zero-order chi connectivity index (χ0) is 14.1. The van der Waals surface area contributed by atoms with Crippen LogP contribution in [0.5, 0.6) is 0 Å². The van der Waals surface area contributed by atoms with E-state index in [1.54, 1.807) is 0 Å². The van der Waals surface area contributed by atoms with Crippen molar-refractivity contribution in [3.05, 3.63) is 55.7 Å². The number of halogens is 1. The molecule has 1 aromatic carbocycles. The van der Waals surface area contributed by atoms with Crippen molar-refractivity contribution in [3.63, 3.8) is 0 Å². The molecule has 20 heavy (non-hydrogen) atoms. The van der Waals surface area contributed by atoms with Crippen molar-refractivity contribution < 1.29 is 4.79 Å². The summed E-state index contributed by atoms with van der Waals surface area (Å²) in [5.41, 5.74) is 3.91. The number of hydrogen-bond donors (Lipinski definition) is 1. The molecule has 1 N–H and O–H groups in total. The van der Waals surface area contributed by atoms with E-state index in [0.29, 0.717) is 0 Å². The molecular formula is C16H16BrNOS. The molecule has 1 unspecified atom stereocenters. The zero-order valence-corrected chi connectivity index (χ0v) is 13.7. The van der Waals surface area contributed by atoms with Gasteiger partial charge < -0.3 is 5.32 Å². The van der Waals surface area contributed by atoms with Crippen molar-refractivity contribution in [1.29, 1.82) is 0 Å². The van der Waals surface area contributed by atoms with Crippen LogP contribution in [0.4, 0.5) is 0 Å². The van der Waals surface area contributed by atoms with E-state index in [1.165, 1.54) is 22.5 Å². The third kappa shape index (κ3) is 2.81. The molecule has 0 aliphatic heterocycles. The highest BCUT2D eigenvalue weighted by molar-refractivity contribution is 9.11. The Labute approximate surface area is 131 Å². The van der Waals surface area contributed by atoms with E-state index in [-0.39, 0.29) is 11.9 Å². The SMILES string of the molecule is Cc1cc(C(=O)NC2CCc3ccccc3C2)sc1Br. The second-order valence-electron chi connectivity index (χ2n) is 5.25. The van der Waals surface area contributed by atoms with E-state index >= 15 is 0 Å². The first-order valence-electron chi connectivity index (χ1n) is 6.77. The summed E-state index contributed by atoms with van der Waals surface area (Å²) in [4.78, 5) is 13.1. The summed E-state index contributed by atoms with van der Waals surface area (Å²) in [6.07, 6.45) is 3.01. The van der Waals surface area contributed by atoms with E-state index in [9.17, 15) is 4.79 Å². The molecule has 1 aliphatic rings. The van der Waals surface area contributed by atoms with Gasteiger partial charge in [-0.1, -0.05) is 24.3 Å². The van der Waals surface area contributed by atoms with Gasteiger partial charge in [0.15, 0.2) is 0 Å². The highest BCUT2D eigenvalue weighted by atomic mass is 79.9. The molecule has 4 heteroatoms. The maximum atomic E-state index is 12.3. The normalized spacial score (nSPS) is 17.6. The molecule has 0 spiro atoms. The summed E-state index contributed by atoms with van der Waals surface area (Å²) in [7, 11) is 0. The number of rotatable bonds is 2. The van der Waals surface area contributed by atoms with Gasteiger partial charge in [0.2, 0.25) is 0 Å². The fourth-order valence-corrected chi connectivity index (χ4v) is 4.09. The smallest absolute Gasteiger partial charge is 0.261 e. The van der Waals surface area contributed by atoms with Crippen LogP contribution >= 0.6 is 27.3 Å². The minimum absolute atomic E-state index is 0.0492. The zero-order valence-electron chi connectivity index (χ0n) is 11.3. The number of nitrogens with one attached hydrogen (secondary N) is 1. The van der Waals surface area contributed by atoms with E-state index < -0.39 is 0 Å². The van der Waals surface area contributed by atoms with Gasteiger partial charge in [0.05, 0.1) is 8.66 Å². The van der Waals surface area contributed by atoms with Gasteiger partial charge in [-0.3, -0.25) is 4.79 Å². The van der Waals surface area contributed by atoms with Gasteiger partial charge >= 0.3 is 0 Å². The molecule has 0 radical (unpaired) electrons. The highest BCUT2D eigenvalue weighted by Gasteiger charge is 2.21. The molecular weight excluding hydrogens is 334 g/mol. The van der Waals surface area contributed by atoms with Crippen molar-refractivity contribution >= 4 is 33.2 Å². The number of carbonyl (C=O) groups excluding carboxylic acids is 1. The lowest BCUT2D eigenvalue weighted by Crippen LogP contribution is -2.38. The predicted octanol–water partition coefficient (Wildman–Crippen LogP) is 4.11. The number of benzene rings is 1. The molecule has 104 valence electrons. The molecule has 1 heterocycles. The van der Waals surface area contributed by atoms with Crippen molar-refractivity contribution in [2.75, 3.05) is 0 Å². The Bertz CT molecular complexity index is 630. The van der Waals surface area contributed by atoms with Crippen LogP contribution in [0.15, 0.2) is 34.1 Å². The molecule has 2 nitrogen and oxygen atoms in total. The average molecular weight is 350 g/mol. The van der Waals surface area contributed by atoms with Crippen LogP contribution in [0.1, 0.15) is 32.8 Å². The Morgan fingerprint density at radius 3 is 2.80 bits per heavy atom. The highest BCUT2D eigenvalue weighted by Crippen LogP contribution is 2.28. The monoisotopic (exact) mass is 349 g/mol. The van der Waals surface area contributed by atoms with Crippen LogP contribution in [0, 0.1) is 6.92 Å². The standard InChI is InChI=1S/C16H16BrNOS/c1-10-8-14(20-15(10)17)16(19)18-13-7-6-11-4-2-3-5-12(11)9-13/h2-5,8,13H,6-7,9H2,1H3,(H,18,19). The first-order chi connectivity index (χ1) is 9.63. The largest absolute Gasteiger partial charge is 0.348 e. The van der Waals surface area contributed by atoms with Gasteiger partial charge in [-0.05, 0) is 64.9 Å². The van der Waals surface area contributed by atoms with Crippen LogP contribution in [0.3, 0.4) is 0 Å². The Balaban J connectivity index is 1.69. The lowest BCUT2D eigenvalue weighted by atomic mass is 9.88. The summed E-state index contributed by atoms with van der Waals surface area (Å²) in [5.74, 6) is 0.0492. The van der Waals surface area contributed by atoms with Crippen LogP contribution in [-0.2, 0) is 12.8 Å². The fraction of sp³-hybridized carbons (Fsp3) is 0.312. The van der Waals surface area contributed by atoms with Crippen molar-refractivity contribution in [1.82, 2.24) is 5.32 Å². The second kappa shape index (κ2) is 5.70. The van der Waals surface area contributed by atoms with E-state index in [2.05, 4.69) is 45.5 Å². The quantitative estimate of drug-likeness (QED) is 0.868. The Morgan fingerprint density at radius 1 is 1.35 bits per heavy atom. The summed E-state index contributed by atoms with van der Waals surface area (Å²) >= 11 is 4.97. The molecule has 0 fully saturated rings. The Morgan fingerprint density at radius 2 is 2.10 bits per heavy atom. The van der Waals surface area contributed by atoms with Gasteiger partial charge in [0.1, 0.15) is 0 Å². The topological polar surface area (TPSA) is 29.1 Å². The van der Waals surface area contributed by atoms with Gasteiger partial charge in [0.25, 0.3) is 5.91 Å². The molecule has 1 aromatic heterocycles. The van der Waals surface area contributed by atoms with Crippen molar-refractivity contribution in [2.45, 2.75) is 32.2 Å². The lowest BCUT2D eigenvalue weighted by molar-refractivity contribution is 0.0937. The van der Waals surface area contributed by atoms with Gasteiger partial charge in [-0.15, -0.1) is 11.3 Å². The third-order valence-corrected chi connectivity index (χ3v) is 5.90. The molecule has 3 rings (SSSR count). The van der Waals surface area contributed by atoms with E-state index in [1.807, 2.05) is 13.0 Å². The minimum Gasteiger partial charge on any atom is -0.348 e. The molecule has 0 saturated carbocycles. The van der Waals surface area contributed by atoms with E-state index in [4.69, 9.17) is 0 Å². The average Bonchev–Trinajstić information content (AvgIpc) is 2.79. The number of thiophene rings is 1. The summed E-state index contributed by atoms with van der Waals surface area (Å²) < 4.78 is 1.04. The second-order valence-corrected chi connectivity index (χ2v) is 7.62. The molecule has 1 atom stereocenters.